The summed E-state index contributed by atoms with van der Waals surface area (Å²) >= 11 is 0. The Bertz CT molecular complexity index is 683. The van der Waals surface area contributed by atoms with Gasteiger partial charge in [0.05, 0.1) is 19.0 Å². The number of rotatable bonds is 6. The maximum Gasteiger partial charge on any atom is 0.118 e. The Morgan fingerprint density at radius 1 is 1.23 bits per heavy atom. The number of aliphatic hydroxyl groups excluding tert-OH is 1. The normalized spacial score (nSPS) is 21.7. The Balaban J connectivity index is 1.77. The average Bonchev–Trinajstić information content (AvgIpc) is 3.00. The van der Waals surface area contributed by atoms with Crippen LogP contribution in [0.2, 0.25) is 0 Å². The van der Waals surface area contributed by atoms with Crippen LogP contribution in [0.15, 0.2) is 30.5 Å². The van der Waals surface area contributed by atoms with Crippen LogP contribution >= 0.6 is 0 Å². The molecule has 6 heteroatoms. The molecule has 1 aromatic heterocycles. The van der Waals surface area contributed by atoms with Crippen LogP contribution < -0.4 is 4.74 Å². The largest absolute Gasteiger partial charge is 0.497 e. The highest BCUT2D eigenvalue weighted by molar-refractivity contribution is 5.63. The van der Waals surface area contributed by atoms with Gasteiger partial charge in [-0.05, 0) is 57.1 Å². The predicted octanol–water partition coefficient (Wildman–Crippen LogP) is 2.22. The number of hydrogen-bond acceptors (Lipinski definition) is 5. The van der Waals surface area contributed by atoms with Gasteiger partial charge in [0.15, 0.2) is 0 Å². The fraction of sp³-hybridized carbons (Fsp3) is 0.550. The third-order valence-corrected chi connectivity index (χ3v) is 5.37. The monoisotopic (exact) mass is 358 g/mol. The number of methoxy groups -OCH3 is 1. The molecule has 3 rings (SSSR count). The van der Waals surface area contributed by atoms with Crippen molar-refractivity contribution in [2.45, 2.75) is 25.4 Å². The van der Waals surface area contributed by atoms with E-state index in [1.54, 1.807) is 7.11 Å². The second-order valence-electron chi connectivity index (χ2n) is 7.44. The van der Waals surface area contributed by atoms with Gasteiger partial charge < -0.3 is 14.7 Å². The van der Waals surface area contributed by atoms with E-state index in [-0.39, 0.29) is 6.61 Å². The molecule has 1 fully saturated rings. The molecule has 0 spiro atoms. The van der Waals surface area contributed by atoms with Crippen molar-refractivity contribution in [3.63, 3.8) is 0 Å². The minimum Gasteiger partial charge on any atom is -0.497 e. The van der Waals surface area contributed by atoms with Crippen LogP contribution in [0.5, 0.6) is 5.75 Å². The molecule has 0 aliphatic carbocycles. The lowest BCUT2D eigenvalue weighted by Gasteiger charge is -2.28. The van der Waals surface area contributed by atoms with Gasteiger partial charge in [0.1, 0.15) is 5.75 Å². The lowest BCUT2D eigenvalue weighted by atomic mass is 10.0. The number of likely N-dealkylation sites (N-methyl/N-ethyl adjacent to an activating group) is 1. The van der Waals surface area contributed by atoms with E-state index in [1.807, 2.05) is 18.3 Å². The molecule has 2 aromatic rings. The maximum absolute atomic E-state index is 9.70. The van der Waals surface area contributed by atoms with Crippen LogP contribution in [0.1, 0.15) is 18.4 Å². The van der Waals surface area contributed by atoms with Crippen LogP contribution in [0.4, 0.5) is 0 Å². The van der Waals surface area contributed by atoms with E-state index >= 15 is 0 Å². The number of benzene rings is 1. The number of hydrogen-bond donors (Lipinski definition) is 2. The minimum atomic E-state index is 0.257. The molecule has 1 aromatic carbocycles. The van der Waals surface area contributed by atoms with Gasteiger partial charge in [0.2, 0.25) is 0 Å². The maximum atomic E-state index is 9.70. The van der Waals surface area contributed by atoms with E-state index in [2.05, 4.69) is 46.2 Å². The van der Waals surface area contributed by atoms with Crippen molar-refractivity contribution in [3.8, 4) is 17.0 Å². The Hall–Kier alpha value is -1.89. The summed E-state index contributed by atoms with van der Waals surface area (Å²) in [6, 6.07) is 8.56. The molecular formula is C20H30N4O2. The molecule has 2 atom stereocenters. The molecule has 0 unspecified atom stereocenters. The van der Waals surface area contributed by atoms with Crippen molar-refractivity contribution in [1.82, 2.24) is 20.0 Å². The van der Waals surface area contributed by atoms with Gasteiger partial charge in [-0.3, -0.25) is 10.00 Å². The van der Waals surface area contributed by atoms with Crippen LogP contribution in [0.3, 0.4) is 0 Å². The molecule has 0 amide bonds. The van der Waals surface area contributed by atoms with Gasteiger partial charge in [0.25, 0.3) is 0 Å². The zero-order chi connectivity index (χ0) is 18.5. The van der Waals surface area contributed by atoms with E-state index in [9.17, 15) is 5.11 Å². The molecule has 0 bridgehead atoms. The molecule has 0 saturated carbocycles. The van der Waals surface area contributed by atoms with Gasteiger partial charge >= 0.3 is 0 Å². The van der Waals surface area contributed by atoms with Crippen molar-refractivity contribution in [3.05, 3.63) is 36.0 Å². The van der Waals surface area contributed by atoms with Gasteiger partial charge in [-0.2, -0.15) is 5.10 Å². The molecule has 1 aliphatic rings. The first-order valence-electron chi connectivity index (χ1n) is 9.27. The van der Waals surface area contributed by atoms with E-state index in [4.69, 9.17) is 4.74 Å². The third-order valence-electron chi connectivity index (χ3n) is 5.37. The quantitative estimate of drug-likeness (QED) is 0.829. The molecule has 1 saturated heterocycles. The van der Waals surface area contributed by atoms with Crippen molar-refractivity contribution >= 4 is 0 Å². The number of nitrogens with zero attached hydrogens (tertiary/aromatic N) is 3. The van der Waals surface area contributed by atoms with Crippen LogP contribution in [-0.2, 0) is 6.54 Å². The van der Waals surface area contributed by atoms with Crippen LogP contribution in [0, 0.1) is 5.92 Å². The van der Waals surface area contributed by atoms with Gasteiger partial charge in [0, 0.05) is 43.4 Å². The standard InChI is InChI=1S/C20H30N4O2/c1-23(2)18-7-4-15(14-25)11-24(13-18)12-17-10-21-22-20(17)16-5-8-19(26-3)9-6-16/h5-6,8-10,15,18,25H,4,7,11-14H2,1-3H3,(H,21,22)/t15-,18+/m0/s1. The summed E-state index contributed by atoms with van der Waals surface area (Å²) in [7, 11) is 5.96. The summed E-state index contributed by atoms with van der Waals surface area (Å²) in [5, 5.41) is 17.1. The lowest BCUT2D eigenvalue weighted by Crippen LogP contribution is -2.39. The average molecular weight is 358 g/mol. The molecule has 142 valence electrons. The highest BCUT2D eigenvalue weighted by Gasteiger charge is 2.25. The van der Waals surface area contributed by atoms with E-state index < -0.39 is 0 Å². The summed E-state index contributed by atoms with van der Waals surface area (Å²) in [6.07, 6.45) is 4.13. The zero-order valence-corrected chi connectivity index (χ0v) is 16.0. The van der Waals surface area contributed by atoms with Crippen molar-refractivity contribution < 1.29 is 9.84 Å². The highest BCUT2D eigenvalue weighted by atomic mass is 16.5. The molecule has 1 aliphatic heterocycles. The fourth-order valence-electron chi connectivity index (χ4n) is 3.73. The first-order chi connectivity index (χ1) is 12.6. The second kappa shape index (κ2) is 8.66. The highest BCUT2D eigenvalue weighted by Crippen LogP contribution is 2.26. The number of aromatic nitrogens is 2. The van der Waals surface area contributed by atoms with Crippen LogP contribution in [0.25, 0.3) is 11.3 Å². The van der Waals surface area contributed by atoms with Crippen molar-refractivity contribution in [2.75, 3.05) is 40.9 Å². The Kier molecular flexibility index (Phi) is 6.29. The Morgan fingerprint density at radius 2 is 2.00 bits per heavy atom. The number of aromatic amines is 1. The lowest BCUT2D eigenvalue weighted by molar-refractivity contribution is 0.158. The molecule has 6 nitrogen and oxygen atoms in total. The first kappa shape index (κ1) is 18.9. The van der Waals surface area contributed by atoms with E-state index in [0.717, 1.165) is 49.5 Å². The summed E-state index contributed by atoms with van der Waals surface area (Å²) in [5.41, 5.74) is 3.35. The first-order valence-corrected chi connectivity index (χ1v) is 9.27. The summed E-state index contributed by atoms with van der Waals surface area (Å²) < 4.78 is 5.25. The fourth-order valence-corrected chi connectivity index (χ4v) is 3.73. The van der Waals surface area contributed by atoms with Gasteiger partial charge in [-0.15, -0.1) is 0 Å². The number of ether oxygens (including phenoxy) is 1. The van der Waals surface area contributed by atoms with Gasteiger partial charge in [-0.25, -0.2) is 0 Å². The van der Waals surface area contributed by atoms with Crippen molar-refractivity contribution in [2.24, 2.45) is 5.92 Å². The summed E-state index contributed by atoms with van der Waals surface area (Å²) in [6.45, 7) is 3.02. The van der Waals surface area contributed by atoms with Crippen LogP contribution in [-0.4, -0.2) is 72.0 Å². The smallest absolute Gasteiger partial charge is 0.118 e. The van der Waals surface area contributed by atoms with Crippen molar-refractivity contribution in [1.29, 1.82) is 0 Å². The zero-order valence-electron chi connectivity index (χ0n) is 16.0. The second-order valence-corrected chi connectivity index (χ2v) is 7.44. The Labute approximate surface area is 155 Å². The van der Waals surface area contributed by atoms with E-state index in [0.29, 0.717) is 12.0 Å². The SMILES string of the molecule is COc1ccc(-c2[nH]ncc2CN2C[C@@H](CO)CC[C@@H](N(C)C)C2)cc1. The number of H-pyrrole nitrogens is 1. The summed E-state index contributed by atoms with van der Waals surface area (Å²) in [5.74, 6) is 1.19. The van der Waals surface area contributed by atoms with Gasteiger partial charge in [-0.1, -0.05) is 0 Å². The number of aliphatic hydroxyl groups is 1. The number of nitrogens with one attached hydrogen (secondary N) is 1. The molecular weight excluding hydrogens is 328 g/mol. The molecule has 2 heterocycles. The molecule has 0 radical (unpaired) electrons. The molecule has 26 heavy (non-hydrogen) atoms. The Morgan fingerprint density at radius 3 is 2.65 bits per heavy atom. The topological polar surface area (TPSA) is 64.6 Å². The molecule has 2 N–H and O–H groups in total. The summed E-state index contributed by atoms with van der Waals surface area (Å²) in [4.78, 5) is 4.75. The third kappa shape index (κ3) is 4.44. The minimum absolute atomic E-state index is 0.257. The number of likely N-dealkylation sites (tertiary alicyclic amines) is 1. The predicted molar refractivity (Wildman–Crippen MR) is 103 cm³/mol. The van der Waals surface area contributed by atoms with E-state index in [1.165, 1.54) is 5.56 Å².